The summed E-state index contributed by atoms with van der Waals surface area (Å²) in [6.45, 7) is 7.04. The van der Waals surface area contributed by atoms with E-state index in [4.69, 9.17) is 0 Å². The van der Waals surface area contributed by atoms with Crippen molar-refractivity contribution in [2.45, 2.75) is 111 Å². The van der Waals surface area contributed by atoms with Gasteiger partial charge in [-0.1, -0.05) is 111 Å². The Morgan fingerprint density at radius 2 is 0.833 bits per heavy atom. The second-order valence-electron chi connectivity index (χ2n) is 6.22. The van der Waals surface area contributed by atoms with Crippen LogP contribution < -0.4 is 0 Å². The van der Waals surface area contributed by atoms with E-state index in [9.17, 15) is 0 Å². The molecule has 0 radical (unpaired) electrons. The molecule has 0 amide bonds. The van der Waals surface area contributed by atoms with Crippen LogP contribution in [0.15, 0.2) is 0 Å². The van der Waals surface area contributed by atoms with Crippen molar-refractivity contribution in [3.05, 3.63) is 0 Å². The van der Waals surface area contributed by atoms with Gasteiger partial charge in [-0.15, -0.1) is 0 Å². The molecule has 110 valence electrons. The summed E-state index contributed by atoms with van der Waals surface area (Å²) in [5.41, 5.74) is 0. The van der Waals surface area contributed by atoms with Gasteiger partial charge in [-0.25, -0.2) is 0 Å². The van der Waals surface area contributed by atoms with Gasteiger partial charge in [-0.2, -0.15) is 0 Å². The van der Waals surface area contributed by atoms with Crippen molar-refractivity contribution in [2.24, 2.45) is 5.92 Å². The van der Waals surface area contributed by atoms with E-state index in [1.807, 2.05) is 0 Å². The monoisotopic (exact) mass is 254 g/mol. The molecule has 0 nitrogen and oxygen atoms in total. The summed E-state index contributed by atoms with van der Waals surface area (Å²) in [6.07, 6.45) is 20.3. The van der Waals surface area contributed by atoms with Crippen LogP contribution >= 0.6 is 0 Å². The number of rotatable bonds is 14. The molecule has 0 bridgehead atoms. The van der Waals surface area contributed by atoms with Crippen LogP contribution in [0.25, 0.3) is 0 Å². The van der Waals surface area contributed by atoms with Gasteiger partial charge in [0, 0.05) is 0 Å². The van der Waals surface area contributed by atoms with Crippen LogP contribution in [0.5, 0.6) is 0 Å². The summed E-state index contributed by atoms with van der Waals surface area (Å²) in [4.78, 5) is 0. The molecule has 18 heavy (non-hydrogen) atoms. The maximum absolute atomic E-state index is 2.46. The summed E-state index contributed by atoms with van der Waals surface area (Å²) in [6, 6.07) is 0. The van der Waals surface area contributed by atoms with E-state index in [2.05, 4.69) is 20.8 Å². The lowest BCUT2D eigenvalue weighted by molar-refractivity contribution is 0.431. The first kappa shape index (κ1) is 18.0. The molecule has 0 aliphatic carbocycles. The largest absolute Gasteiger partial charge is 0.0654 e. The summed E-state index contributed by atoms with van der Waals surface area (Å²) in [5.74, 6) is 0.974. The number of hydrogen-bond donors (Lipinski definition) is 0. The molecule has 0 heteroatoms. The zero-order valence-electron chi connectivity index (χ0n) is 13.5. The minimum absolute atomic E-state index is 0.974. The predicted molar refractivity (Wildman–Crippen MR) is 85.2 cm³/mol. The lowest BCUT2D eigenvalue weighted by Gasteiger charge is -2.10. The fourth-order valence-electron chi connectivity index (χ4n) is 2.69. The van der Waals surface area contributed by atoms with Crippen molar-refractivity contribution in [1.82, 2.24) is 0 Å². The smallest absolute Gasteiger partial charge is 0.0443 e. The zero-order chi connectivity index (χ0) is 13.5. The molecule has 0 aliphatic heterocycles. The van der Waals surface area contributed by atoms with E-state index >= 15 is 0 Å². The molecule has 0 heterocycles. The standard InChI is InChI=1S/C18H38/c1-4-6-8-10-12-14-16-18(3)17-15-13-11-9-7-5-2/h18H,4-17H2,1-3H3. The highest BCUT2D eigenvalue weighted by Crippen LogP contribution is 2.18. The van der Waals surface area contributed by atoms with E-state index in [0.717, 1.165) is 5.92 Å². The SMILES string of the molecule is CCCCCCCCC(C)CCCCCCCC. The normalized spacial score (nSPS) is 11.3. The average molecular weight is 255 g/mol. The second kappa shape index (κ2) is 15.1. The minimum atomic E-state index is 0.974. The Bertz CT molecular complexity index is 123. The first-order chi connectivity index (χ1) is 8.81. The lowest BCUT2D eigenvalue weighted by atomic mass is 9.96. The third-order valence-corrected chi connectivity index (χ3v) is 4.10. The maximum Gasteiger partial charge on any atom is -0.0443 e. The van der Waals surface area contributed by atoms with E-state index < -0.39 is 0 Å². The van der Waals surface area contributed by atoms with Gasteiger partial charge in [0.1, 0.15) is 0 Å². The Morgan fingerprint density at radius 3 is 1.22 bits per heavy atom. The van der Waals surface area contributed by atoms with Crippen molar-refractivity contribution in [2.75, 3.05) is 0 Å². The molecular formula is C18H38. The second-order valence-corrected chi connectivity index (χ2v) is 6.22. The number of unbranched alkanes of at least 4 members (excludes halogenated alkanes) is 10. The van der Waals surface area contributed by atoms with Crippen molar-refractivity contribution < 1.29 is 0 Å². The molecule has 0 aliphatic rings. The van der Waals surface area contributed by atoms with Gasteiger partial charge in [0.2, 0.25) is 0 Å². The fraction of sp³-hybridized carbons (Fsp3) is 1.00. The van der Waals surface area contributed by atoms with Gasteiger partial charge in [-0.3, -0.25) is 0 Å². The van der Waals surface area contributed by atoms with E-state index in [-0.39, 0.29) is 0 Å². The van der Waals surface area contributed by atoms with E-state index in [0.29, 0.717) is 0 Å². The first-order valence-corrected chi connectivity index (χ1v) is 8.81. The van der Waals surface area contributed by atoms with Gasteiger partial charge in [-0.05, 0) is 5.92 Å². The highest BCUT2D eigenvalue weighted by molar-refractivity contribution is 4.55. The Labute approximate surface area is 117 Å². The predicted octanol–water partition coefficient (Wildman–Crippen LogP) is 7.12. The Kier molecular flexibility index (Phi) is 15.1. The molecule has 0 saturated heterocycles. The average Bonchev–Trinajstić information content (AvgIpc) is 2.38. The third kappa shape index (κ3) is 14.1. The van der Waals surface area contributed by atoms with Gasteiger partial charge >= 0.3 is 0 Å². The van der Waals surface area contributed by atoms with Crippen LogP contribution in [0.4, 0.5) is 0 Å². The highest BCUT2D eigenvalue weighted by atomic mass is 14.1. The molecule has 0 atom stereocenters. The summed E-state index contributed by atoms with van der Waals surface area (Å²) in [7, 11) is 0. The van der Waals surface area contributed by atoms with Gasteiger partial charge in [0.25, 0.3) is 0 Å². The molecule has 0 aromatic heterocycles. The van der Waals surface area contributed by atoms with E-state index in [1.165, 1.54) is 89.9 Å². The molecule has 0 unspecified atom stereocenters. The van der Waals surface area contributed by atoms with Crippen LogP contribution in [-0.2, 0) is 0 Å². The maximum atomic E-state index is 2.46. The fourth-order valence-corrected chi connectivity index (χ4v) is 2.69. The third-order valence-electron chi connectivity index (χ3n) is 4.10. The van der Waals surface area contributed by atoms with Gasteiger partial charge in [0.15, 0.2) is 0 Å². The number of hydrogen-bond acceptors (Lipinski definition) is 0. The Hall–Kier alpha value is 0. The summed E-state index contributed by atoms with van der Waals surface area (Å²) < 4.78 is 0. The van der Waals surface area contributed by atoms with Crippen molar-refractivity contribution in [3.63, 3.8) is 0 Å². The minimum Gasteiger partial charge on any atom is -0.0654 e. The van der Waals surface area contributed by atoms with Crippen molar-refractivity contribution >= 4 is 0 Å². The molecule has 0 N–H and O–H groups in total. The van der Waals surface area contributed by atoms with Crippen molar-refractivity contribution in [3.8, 4) is 0 Å². The molecule has 0 saturated carbocycles. The summed E-state index contributed by atoms with van der Waals surface area (Å²) in [5, 5.41) is 0. The van der Waals surface area contributed by atoms with Gasteiger partial charge < -0.3 is 0 Å². The topological polar surface area (TPSA) is 0 Å². The Morgan fingerprint density at radius 1 is 0.500 bits per heavy atom. The quantitative estimate of drug-likeness (QED) is 0.289. The van der Waals surface area contributed by atoms with E-state index in [1.54, 1.807) is 0 Å². The zero-order valence-corrected chi connectivity index (χ0v) is 13.5. The molecule has 0 rings (SSSR count). The van der Waals surface area contributed by atoms with Crippen LogP contribution in [0.2, 0.25) is 0 Å². The highest BCUT2D eigenvalue weighted by Gasteiger charge is 2.01. The lowest BCUT2D eigenvalue weighted by Crippen LogP contribution is -1.95. The molecule has 0 aromatic carbocycles. The Balaban J connectivity index is 3.10. The molecule has 0 aromatic rings. The van der Waals surface area contributed by atoms with Crippen molar-refractivity contribution in [1.29, 1.82) is 0 Å². The molecule has 0 fully saturated rings. The van der Waals surface area contributed by atoms with Crippen LogP contribution in [0.3, 0.4) is 0 Å². The van der Waals surface area contributed by atoms with Crippen LogP contribution in [0.1, 0.15) is 111 Å². The van der Waals surface area contributed by atoms with Gasteiger partial charge in [0.05, 0.1) is 0 Å². The summed E-state index contributed by atoms with van der Waals surface area (Å²) >= 11 is 0. The molecular weight excluding hydrogens is 216 g/mol. The first-order valence-electron chi connectivity index (χ1n) is 8.81. The molecule has 0 spiro atoms. The van der Waals surface area contributed by atoms with Crippen LogP contribution in [-0.4, -0.2) is 0 Å². The van der Waals surface area contributed by atoms with Crippen LogP contribution in [0, 0.1) is 5.92 Å².